The Labute approximate surface area is 127 Å². The minimum absolute atomic E-state index is 0.343. The zero-order valence-corrected chi connectivity index (χ0v) is 12.3. The average molecular weight is 303 g/mol. The molecule has 2 heterocycles. The van der Waals surface area contributed by atoms with Gasteiger partial charge in [0.15, 0.2) is 0 Å². The number of aliphatic hydroxyl groups is 1. The number of halogens is 1. The van der Waals surface area contributed by atoms with E-state index >= 15 is 0 Å². The summed E-state index contributed by atoms with van der Waals surface area (Å²) in [6.45, 7) is 2.04. The van der Waals surface area contributed by atoms with E-state index in [0.29, 0.717) is 17.4 Å². The summed E-state index contributed by atoms with van der Waals surface area (Å²) in [5.41, 5.74) is 2.48. The summed E-state index contributed by atoms with van der Waals surface area (Å²) in [5.74, 6) is 0.582. The largest absolute Gasteiger partial charge is 0.486 e. The first-order chi connectivity index (χ1) is 10.1. The molecule has 21 heavy (non-hydrogen) atoms. The molecule has 0 spiro atoms. The Morgan fingerprint density at radius 3 is 2.90 bits per heavy atom. The highest BCUT2D eigenvalue weighted by molar-refractivity contribution is 6.32. The zero-order chi connectivity index (χ0) is 14.8. The van der Waals surface area contributed by atoms with Crippen LogP contribution in [0.15, 0.2) is 48.8 Å². The highest BCUT2D eigenvalue weighted by Crippen LogP contribution is 2.28. The quantitative estimate of drug-likeness (QED) is 0.800. The van der Waals surface area contributed by atoms with Crippen LogP contribution in [-0.2, 0) is 6.61 Å². The molecule has 5 heteroatoms. The van der Waals surface area contributed by atoms with E-state index in [1.54, 1.807) is 25.1 Å². The van der Waals surface area contributed by atoms with Gasteiger partial charge in [0.05, 0.1) is 16.8 Å². The van der Waals surface area contributed by atoms with E-state index in [1.807, 2.05) is 35.0 Å². The van der Waals surface area contributed by atoms with Crippen molar-refractivity contribution in [3.63, 3.8) is 0 Å². The molecule has 108 valence electrons. The van der Waals surface area contributed by atoms with Gasteiger partial charge in [0.2, 0.25) is 0 Å². The van der Waals surface area contributed by atoms with Crippen molar-refractivity contribution < 1.29 is 9.84 Å². The molecule has 0 fully saturated rings. The zero-order valence-electron chi connectivity index (χ0n) is 11.5. The van der Waals surface area contributed by atoms with Crippen LogP contribution >= 0.6 is 11.6 Å². The molecule has 0 aliphatic carbocycles. The lowest BCUT2D eigenvalue weighted by atomic mass is 10.1. The summed E-state index contributed by atoms with van der Waals surface area (Å²) in [7, 11) is 0. The van der Waals surface area contributed by atoms with Crippen LogP contribution < -0.4 is 4.74 Å². The molecule has 0 radical (unpaired) electrons. The maximum atomic E-state index is 9.52. The first kappa shape index (κ1) is 13.9. The Morgan fingerprint density at radius 1 is 1.33 bits per heavy atom. The van der Waals surface area contributed by atoms with Crippen molar-refractivity contribution in [3.8, 4) is 5.75 Å². The lowest BCUT2D eigenvalue weighted by molar-refractivity contribution is 0.199. The van der Waals surface area contributed by atoms with Crippen molar-refractivity contribution in [2.45, 2.75) is 19.6 Å². The lowest BCUT2D eigenvalue weighted by Gasteiger charge is -2.09. The molecule has 0 aliphatic rings. The van der Waals surface area contributed by atoms with Crippen LogP contribution in [0.2, 0.25) is 5.02 Å². The van der Waals surface area contributed by atoms with E-state index in [2.05, 4.69) is 4.98 Å². The highest BCUT2D eigenvalue weighted by atomic mass is 35.5. The summed E-state index contributed by atoms with van der Waals surface area (Å²) in [6, 6.07) is 11.1. The minimum Gasteiger partial charge on any atom is -0.486 e. The fourth-order valence-corrected chi connectivity index (χ4v) is 2.35. The Kier molecular flexibility index (Phi) is 3.82. The van der Waals surface area contributed by atoms with Gasteiger partial charge in [-0.05, 0) is 36.8 Å². The van der Waals surface area contributed by atoms with E-state index < -0.39 is 6.10 Å². The number of aromatic nitrogens is 2. The van der Waals surface area contributed by atoms with Crippen molar-refractivity contribution in [2.24, 2.45) is 0 Å². The molecule has 2 aromatic heterocycles. The highest BCUT2D eigenvalue weighted by Gasteiger charge is 2.08. The van der Waals surface area contributed by atoms with Crippen LogP contribution in [0.5, 0.6) is 5.75 Å². The van der Waals surface area contributed by atoms with Gasteiger partial charge in [-0.2, -0.15) is 0 Å². The second-order valence-electron chi connectivity index (χ2n) is 4.85. The van der Waals surface area contributed by atoms with Crippen molar-refractivity contribution in [2.75, 3.05) is 0 Å². The maximum absolute atomic E-state index is 9.52. The van der Waals surface area contributed by atoms with Gasteiger partial charge in [0, 0.05) is 12.4 Å². The average Bonchev–Trinajstić information content (AvgIpc) is 2.88. The van der Waals surface area contributed by atoms with Crippen LogP contribution in [0.25, 0.3) is 5.65 Å². The van der Waals surface area contributed by atoms with E-state index in [0.717, 1.165) is 16.9 Å². The molecule has 1 atom stereocenters. The third-order valence-electron chi connectivity index (χ3n) is 3.23. The SMILES string of the molecule is C[C@@H](O)c1ccc(OCc2cn3ccccc3n2)c(Cl)c1. The molecule has 0 saturated heterocycles. The van der Waals surface area contributed by atoms with Crippen LogP contribution in [0.1, 0.15) is 24.3 Å². The molecule has 0 amide bonds. The van der Waals surface area contributed by atoms with Gasteiger partial charge in [0.25, 0.3) is 0 Å². The molecule has 0 bridgehead atoms. The van der Waals surface area contributed by atoms with Crippen molar-refractivity contribution in [1.29, 1.82) is 0 Å². The molecule has 1 N–H and O–H groups in total. The van der Waals surface area contributed by atoms with Crippen LogP contribution in [0.4, 0.5) is 0 Å². The Balaban J connectivity index is 1.75. The van der Waals surface area contributed by atoms with Crippen molar-refractivity contribution in [1.82, 2.24) is 9.38 Å². The van der Waals surface area contributed by atoms with Gasteiger partial charge in [-0.3, -0.25) is 0 Å². The summed E-state index contributed by atoms with van der Waals surface area (Å²) < 4.78 is 7.64. The monoisotopic (exact) mass is 302 g/mol. The number of fused-ring (bicyclic) bond motifs is 1. The Bertz CT molecular complexity index is 735. The molecule has 4 nitrogen and oxygen atoms in total. The van der Waals surface area contributed by atoms with Crippen molar-refractivity contribution >= 4 is 17.2 Å². The van der Waals surface area contributed by atoms with Gasteiger partial charge >= 0.3 is 0 Å². The van der Waals surface area contributed by atoms with Gasteiger partial charge in [-0.15, -0.1) is 0 Å². The molecular formula is C16H15ClN2O2. The normalized spacial score (nSPS) is 12.5. The van der Waals surface area contributed by atoms with E-state index in [9.17, 15) is 5.11 Å². The van der Waals surface area contributed by atoms with Crippen molar-refractivity contribution in [3.05, 3.63) is 65.1 Å². The maximum Gasteiger partial charge on any atom is 0.138 e. The fourth-order valence-electron chi connectivity index (χ4n) is 2.10. The lowest BCUT2D eigenvalue weighted by Crippen LogP contribution is -1.97. The molecule has 0 unspecified atom stereocenters. The second kappa shape index (κ2) is 5.76. The Morgan fingerprint density at radius 2 is 2.19 bits per heavy atom. The number of rotatable bonds is 4. The number of hydrogen-bond donors (Lipinski definition) is 1. The smallest absolute Gasteiger partial charge is 0.138 e. The predicted molar refractivity (Wildman–Crippen MR) is 81.6 cm³/mol. The number of hydrogen-bond acceptors (Lipinski definition) is 3. The van der Waals surface area contributed by atoms with Crippen LogP contribution in [-0.4, -0.2) is 14.5 Å². The minimum atomic E-state index is -0.546. The van der Waals surface area contributed by atoms with E-state index in [4.69, 9.17) is 16.3 Å². The molecule has 3 rings (SSSR count). The number of benzene rings is 1. The molecular weight excluding hydrogens is 288 g/mol. The first-order valence-corrected chi connectivity index (χ1v) is 7.04. The molecule has 1 aromatic carbocycles. The van der Waals surface area contributed by atoms with Gasteiger partial charge in [0.1, 0.15) is 18.0 Å². The summed E-state index contributed by atoms with van der Waals surface area (Å²) in [5, 5.41) is 10.00. The second-order valence-corrected chi connectivity index (χ2v) is 5.26. The number of pyridine rings is 1. The third kappa shape index (κ3) is 3.01. The summed E-state index contributed by atoms with van der Waals surface area (Å²) in [4.78, 5) is 4.46. The molecule has 3 aromatic rings. The van der Waals surface area contributed by atoms with E-state index in [-0.39, 0.29) is 0 Å². The van der Waals surface area contributed by atoms with Crippen LogP contribution in [0, 0.1) is 0 Å². The van der Waals surface area contributed by atoms with E-state index in [1.165, 1.54) is 0 Å². The number of aliphatic hydroxyl groups excluding tert-OH is 1. The Hall–Kier alpha value is -2.04. The fraction of sp³-hybridized carbons (Fsp3) is 0.188. The summed E-state index contributed by atoms with van der Waals surface area (Å²) in [6.07, 6.45) is 3.32. The van der Waals surface area contributed by atoms with Crippen LogP contribution in [0.3, 0.4) is 0 Å². The van der Waals surface area contributed by atoms with Gasteiger partial charge in [-0.1, -0.05) is 23.7 Å². The summed E-state index contributed by atoms with van der Waals surface area (Å²) >= 11 is 6.16. The standard InChI is InChI=1S/C16H15ClN2O2/c1-11(20)12-5-6-15(14(17)8-12)21-10-13-9-19-7-3-2-4-16(19)18-13/h2-9,11,20H,10H2,1H3/t11-/m1/s1. The number of nitrogens with zero attached hydrogens (tertiary/aromatic N) is 2. The number of ether oxygens (including phenoxy) is 1. The predicted octanol–water partition coefficient (Wildman–Crippen LogP) is 3.62. The molecule has 0 aliphatic heterocycles. The third-order valence-corrected chi connectivity index (χ3v) is 3.52. The first-order valence-electron chi connectivity index (χ1n) is 6.66. The number of imidazole rings is 1. The topological polar surface area (TPSA) is 46.8 Å². The van der Waals surface area contributed by atoms with Gasteiger partial charge < -0.3 is 14.2 Å². The van der Waals surface area contributed by atoms with Gasteiger partial charge in [-0.25, -0.2) is 4.98 Å². The molecule has 0 saturated carbocycles.